The van der Waals surface area contributed by atoms with Gasteiger partial charge in [0.15, 0.2) is 12.4 Å². The Bertz CT molecular complexity index is 1150. The van der Waals surface area contributed by atoms with Gasteiger partial charge in [0.1, 0.15) is 5.75 Å². The molecule has 1 atom stereocenters. The van der Waals surface area contributed by atoms with Crippen LogP contribution in [-0.2, 0) is 10.1 Å². The Hall–Kier alpha value is -2.94. The van der Waals surface area contributed by atoms with Gasteiger partial charge in [-0.15, -0.1) is 0 Å². The Labute approximate surface area is 208 Å². The average molecular weight is 499 g/mol. The van der Waals surface area contributed by atoms with Gasteiger partial charge < -0.3 is 14.8 Å². The molecule has 1 fully saturated rings. The summed E-state index contributed by atoms with van der Waals surface area (Å²) in [6.45, 7) is 8.53. The summed E-state index contributed by atoms with van der Waals surface area (Å²) < 4.78 is 36.2. The van der Waals surface area contributed by atoms with Crippen LogP contribution in [0.3, 0.4) is 0 Å². The number of piperidine rings is 1. The maximum atomic E-state index is 11.1. The molecule has 0 radical (unpaired) electrons. The third-order valence-corrected chi connectivity index (χ3v) is 6.80. The van der Waals surface area contributed by atoms with Crippen LogP contribution in [0.15, 0.2) is 78.0 Å². The summed E-state index contributed by atoms with van der Waals surface area (Å²) in [6.07, 6.45) is 6.80. The van der Waals surface area contributed by atoms with Crippen molar-refractivity contribution in [1.29, 1.82) is 0 Å². The van der Waals surface area contributed by atoms with Crippen LogP contribution in [0.5, 0.6) is 5.75 Å². The molecule has 1 saturated heterocycles. The van der Waals surface area contributed by atoms with Crippen molar-refractivity contribution in [2.24, 2.45) is 5.92 Å². The van der Waals surface area contributed by atoms with Gasteiger partial charge in [-0.05, 0) is 74.0 Å². The van der Waals surface area contributed by atoms with Gasteiger partial charge in [-0.1, -0.05) is 36.8 Å². The molecule has 7 nitrogen and oxygen atoms in total. The first kappa shape index (κ1) is 26.7. The number of benzene rings is 2. The van der Waals surface area contributed by atoms with Crippen molar-refractivity contribution in [3.63, 3.8) is 0 Å². The van der Waals surface area contributed by atoms with E-state index in [9.17, 15) is 13.6 Å². The first-order chi connectivity index (χ1) is 16.7. The van der Waals surface area contributed by atoms with Gasteiger partial charge >= 0.3 is 0 Å². The van der Waals surface area contributed by atoms with Crippen LogP contribution >= 0.6 is 0 Å². The van der Waals surface area contributed by atoms with Crippen molar-refractivity contribution in [2.75, 3.05) is 26.2 Å². The van der Waals surface area contributed by atoms with E-state index >= 15 is 0 Å². The highest BCUT2D eigenvalue weighted by atomic mass is 32.2. The fraction of sp³-hybridized carbons (Fsp3) is 0.370. The zero-order valence-corrected chi connectivity index (χ0v) is 21.2. The van der Waals surface area contributed by atoms with E-state index in [2.05, 4.69) is 11.8 Å². The topological polar surface area (TPSA) is 93.8 Å². The zero-order valence-electron chi connectivity index (χ0n) is 20.3. The minimum atomic E-state index is -4.02. The number of hydrogen-bond acceptors (Lipinski definition) is 5. The van der Waals surface area contributed by atoms with Crippen molar-refractivity contribution in [2.45, 2.75) is 38.0 Å². The van der Waals surface area contributed by atoms with Crippen molar-refractivity contribution < 1.29 is 22.4 Å². The fourth-order valence-electron chi connectivity index (χ4n) is 4.03. The third kappa shape index (κ3) is 8.98. The van der Waals surface area contributed by atoms with Gasteiger partial charge in [0.2, 0.25) is 0 Å². The third-order valence-electron chi connectivity index (χ3n) is 5.94. The smallest absolute Gasteiger partial charge is 0.294 e. The summed E-state index contributed by atoms with van der Waals surface area (Å²) in [6, 6.07) is 17.7. The monoisotopic (exact) mass is 498 g/mol. The van der Waals surface area contributed by atoms with Crippen LogP contribution < -0.4 is 9.47 Å². The maximum Gasteiger partial charge on any atom is 0.294 e. The van der Waals surface area contributed by atoms with Crippen molar-refractivity contribution in [3.05, 3.63) is 83.8 Å². The second kappa shape index (κ2) is 12.7. The molecule has 0 spiro atoms. The first-order valence-corrected chi connectivity index (χ1v) is 13.3. The number of pyridine rings is 1. The van der Waals surface area contributed by atoms with E-state index in [1.807, 2.05) is 43.3 Å². The quantitative estimate of drug-likeness (QED) is 0.219. The van der Waals surface area contributed by atoms with Crippen LogP contribution in [0.4, 0.5) is 0 Å². The van der Waals surface area contributed by atoms with Crippen molar-refractivity contribution >= 4 is 10.1 Å². The second-order valence-corrected chi connectivity index (χ2v) is 10.4. The molecule has 0 saturated carbocycles. The van der Waals surface area contributed by atoms with Gasteiger partial charge in [-0.25, -0.2) is 0 Å². The number of nitrogens with zero attached hydrogens (tertiary/aromatic N) is 2. The Morgan fingerprint density at radius 1 is 1.03 bits per heavy atom. The van der Waals surface area contributed by atoms with Crippen LogP contribution in [-0.4, -0.2) is 44.1 Å². The molecule has 2 heterocycles. The SMILES string of the molecule is C[C@H]1CCCN(CCCOc2ccc(-c3cc[n+]([O-])cc3)cc2)C1.Cc1ccc(S(=O)(=O)O)cc1. The van der Waals surface area contributed by atoms with E-state index in [4.69, 9.17) is 9.29 Å². The lowest BCUT2D eigenvalue weighted by atomic mass is 10.0. The average Bonchev–Trinajstić information content (AvgIpc) is 2.83. The minimum absolute atomic E-state index is 0.0666. The maximum absolute atomic E-state index is 11.1. The largest absolute Gasteiger partial charge is 0.619 e. The summed E-state index contributed by atoms with van der Waals surface area (Å²) in [5, 5.41) is 11.1. The highest BCUT2D eigenvalue weighted by Gasteiger charge is 2.15. The lowest BCUT2D eigenvalue weighted by Crippen LogP contribution is -2.35. The number of rotatable bonds is 7. The molecule has 1 N–H and O–H groups in total. The second-order valence-electron chi connectivity index (χ2n) is 9.01. The summed E-state index contributed by atoms with van der Waals surface area (Å²) in [5.41, 5.74) is 3.08. The highest BCUT2D eigenvalue weighted by Crippen LogP contribution is 2.22. The van der Waals surface area contributed by atoms with Gasteiger partial charge in [0.25, 0.3) is 10.1 Å². The van der Waals surface area contributed by atoms with Crippen LogP contribution in [0.25, 0.3) is 11.1 Å². The predicted octanol–water partition coefficient (Wildman–Crippen LogP) is 4.73. The lowest BCUT2D eigenvalue weighted by Gasteiger charge is -2.30. The van der Waals surface area contributed by atoms with Crippen molar-refractivity contribution in [3.8, 4) is 16.9 Å². The van der Waals surface area contributed by atoms with E-state index in [1.54, 1.807) is 12.1 Å². The van der Waals surface area contributed by atoms with E-state index in [1.165, 1.54) is 50.5 Å². The Balaban J connectivity index is 0.000000261. The van der Waals surface area contributed by atoms with Gasteiger partial charge in [-0.3, -0.25) is 4.55 Å². The number of likely N-dealkylation sites (tertiary alicyclic amines) is 1. The first-order valence-electron chi connectivity index (χ1n) is 11.9. The number of ether oxygens (including phenoxy) is 1. The van der Waals surface area contributed by atoms with Crippen molar-refractivity contribution in [1.82, 2.24) is 4.90 Å². The van der Waals surface area contributed by atoms with E-state index < -0.39 is 10.1 Å². The highest BCUT2D eigenvalue weighted by molar-refractivity contribution is 7.85. The minimum Gasteiger partial charge on any atom is -0.619 e. The normalized spacial score (nSPS) is 16.3. The Morgan fingerprint density at radius 2 is 1.66 bits per heavy atom. The van der Waals surface area contributed by atoms with Gasteiger partial charge in [0, 0.05) is 25.2 Å². The summed E-state index contributed by atoms with van der Waals surface area (Å²) in [5.74, 6) is 1.74. The molecule has 0 aliphatic carbocycles. The molecular formula is C27H34N2O5S. The van der Waals surface area contributed by atoms with E-state index in [-0.39, 0.29) is 4.90 Å². The molecule has 3 aromatic rings. The summed E-state index contributed by atoms with van der Waals surface area (Å²) >= 11 is 0. The number of hydrogen-bond donors (Lipinski definition) is 1. The zero-order chi connectivity index (χ0) is 25.3. The van der Waals surface area contributed by atoms with Gasteiger partial charge in [-0.2, -0.15) is 13.1 Å². The van der Waals surface area contributed by atoms with Crippen LogP contribution in [0.1, 0.15) is 31.7 Å². The van der Waals surface area contributed by atoms with Gasteiger partial charge in [0.05, 0.1) is 11.5 Å². The molecule has 0 amide bonds. The number of aromatic nitrogens is 1. The molecular weight excluding hydrogens is 464 g/mol. The van der Waals surface area contributed by atoms with Crippen LogP contribution in [0, 0.1) is 18.0 Å². The molecule has 35 heavy (non-hydrogen) atoms. The predicted molar refractivity (Wildman–Crippen MR) is 137 cm³/mol. The lowest BCUT2D eigenvalue weighted by molar-refractivity contribution is -0.605. The molecule has 2 aromatic carbocycles. The Kier molecular flexibility index (Phi) is 9.65. The molecule has 4 rings (SSSR count). The van der Waals surface area contributed by atoms with E-state index in [0.717, 1.165) is 52.7 Å². The van der Waals surface area contributed by atoms with E-state index in [0.29, 0.717) is 0 Å². The number of aryl methyl sites for hydroxylation is 1. The molecule has 0 unspecified atom stereocenters. The van der Waals surface area contributed by atoms with Crippen LogP contribution in [0.2, 0.25) is 0 Å². The standard InChI is InChI=1S/C20H26N2O2.C7H8O3S/c1-17-4-2-11-21(16-17)12-3-15-24-20-7-5-18(6-8-20)19-9-13-22(23)14-10-19;1-6-2-4-7(5-3-6)11(8,9)10/h5-10,13-14,17H,2-4,11-12,15-16H2,1H3;2-5H,1H3,(H,8,9,10)/t17-;/m0./s1. The summed E-state index contributed by atoms with van der Waals surface area (Å²) in [4.78, 5) is 2.49. The molecule has 1 aliphatic heterocycles. The molecule has 1 aromatic heterocycles. The fourth-order valence-corrected chi connectivity index (χ4v) is 4.51. The molecule has 188 valence electrons. The summed E-state index contributed by atoms with van der Waals surface area (Å²) in [7, 11) is -4.02. The molecule has 8 heteroatoms. The molecule has 0 bridgehead atoms. The molecule has 1 aliphatic rings. The Morgan fingerprint density at radius 3 is 2.26 bits per heavy atom.